The van der Waals surface area contributed by atoms with Gasteiger partial charge in [0.25, 0.3) is 5.91 Å². The summed E-state index contributed by atoms with van der Waals surface area (Å²) in [6.45, 7) is 5.09. The van der Waals surface area contributed by atoms with Crippen molar-refractivity contribution in [3.8, 4) is 0 Å². The molecule has 1 aromatic heterocycles. The minimum atomic E-state index is 0.0216. The van der Waals surface area contributed by atoms with Gasteiger partial charge >= 0.3 is 0 Å². The molecule has 1 N–H and O–H groups in total. The number of carbonyl (C=O) groups is 2. The summed E-state index contributed by atoms with van der Waals surface area (Å²) in [4.78, 5) is 31.9. The molecule has 2 aliphatic heterocycles. The van der Waals surface area contributed by atoms with Crippen LogP contribution in [-0.4, -0.2) is 64.9 Å². The second-order valence-corrected chi connectivity index (χ2v) is 6.19. The van der Waals surface area contributed by atoms with E-state index < -0.39 is 0 Å². The molecule has 3 rings (SSSR count). The highest BCUT2D eigenvalue weighted by Gasteiger charge is 2.35. The van der Waals surface area contributed by atoms with E-state index in [1.807, 2.05) is 17.2 Å². The lowest BCUT2D eigenvalue weighted by atomic mass is 10.1. The van der Waals surface area contributed by atoms with Gasteiger partial charge in [-0.15, -0.1) is 11.3 Å². The maximum Gasteiger partial charge on any atom is 0.282 e. The van der Waals surface area contributed by atoms with Crippen LogP contribution in [0.15, 0.2) is 11.6 Å². The van der Waals surface area contributed by atoms with Crippen LogP contribution >= 0.6 is 11.3 Å². The van der Waals surface area contributed by atoms with Crippen molar-refractivity contribution >= 4 is 23.2 Å². The van der Waals surface area contributed by atoms with Gasteiger partial charge in [0.2, 0.25) is 5.91 Å². The van der Waals surface area contributed by atoms with Gasteiger partial charge in [0, 0.05) is 56.3 Å². The highest BCUT2D eigenvalue weighted by Crippen LogP contribution is 2.18. The molecule has 2 saturated heterocycles. The van der Waals surface area contributed by atoms with Gasteiger partial charge in [0.1, 0.15) is 0 Å². The van der Waals surface area contributed by atoms with Crippen molar-refractivity contribution in [1.82, 2.24) is 20.1 Å². The first-order chi connectivity index (χ1) is 9.65. The van der Waals surface area contributed by atoms with Crippen molar-refractivity contribution in [2.45, 2.75) is 25.4 Å². The number of amides is 2. The first-order valence-electron chi connectivity index (χ1n) is 6.87. The average Bonchev–Trinajstić information content (AvgIpc) is 3.08. The van der Waals surface area contributed by atoms with Crippen LogP contribution in [0.5, 0.6) is 0 Å². The molecule has 7 heteroatoms. The lowest BCUT2D eigenvalue weighted by molar-refractivity contribution is -0.119. The van der Waals surface area contributed by atoms with Crippen molar-refractivity contribution < 1.29 is 9.59 Å². The van der Waals surface area contributed by atoms with E-state index in [9.17, 15) is 9.59 Å². The summed E-state index contributed by atoms with van der Waals surface area (Å²) in [6.07, 6.45) is 2.23. The summed E-state index contributed by atoms with van der Waals surface area (Å²) in [5, 5.41) is 5.33. The van der Waals surface area contributed by atoms with Crippen molar-refractivity contribution in [2.24, 2.45) is 0 Å². The Morgan fingerprint density at radius 3 is 2.70 bits per heavy atom. The van der Waals surface area contributed by atoms with Crippen molar-refractivity contribution in [1.29, 1.82) is 0 Å². The smallest absolute Gasteiger partial charge is 0.282 e. The molecule has 108 valence electrons. The molecular formula is C13H18N4O2S. The molecule has 2 amide bonds. The molecule has 6 nitrogen and oxygen atoms in total. The number of thiazole rings is 1. The molecule has 0 spiro atoms. The zero-order chi connectivity index (χ0) is 14.1. The molecule has 20 heavy (non-hydrogen) atoms. The normalized spacial score (nSPS) is 27.6. The van der Waals surface area contributed by atoms with Crippen LogP contribution < -0.4 is 5.32 Å². The third-order valence-corrected chi connectivity index (χ3v) is 4.81. The van der Waals surface area contributed by atoms with Gasteiger partial charge in [0.15, 0.2) is 5.01 Å². The molecule has 2 aliphatic rings. The second-order valence-electron chi connectivity index (χ2n) is 5.29. The standard InChI is InChI=1S/C13H18N4O2S/c1-9-10(8-11(18)15-9)16-3-5-17(6-4-16)13(19)12-14-2-7-20-12/h2,7,9-10H,3-6,8H2,1H3,(H,15,18)/t9-,10+/m1/s1. The maximum atomic E-state index is 12.2. The van der Waals surface area contributed by atoms with Crippen molar-refractivity contribution in [3.05, 3.63) is 16.6 Å². The Morgan fingerprint density at radius 1 is 1.40 bits per heavy atom. The number of hydrogen-bond donors (Lipinski definition) is 1. The number of carbonyl (C=O) groups excluding carboxylic acids is 2. The summed E-state index contributed by atoms with van der Waals surface area (Å²) in [7, 11) is 0. The number of hydrogen-bond acceptors (Lipinski definition) is 5. The van der Waals surface area contributed by atoms with Gasteiger partial charge in [-0.1, -0.05) is 0 Å². The zero-order valence-electron chi connectivity index (χ0n) is 11.4. The number of rotatable bonds is 2. The minimum absolute atomic E-state index is 0.0216. The third-order valence-electron chi connectivity index (χ3n) is 4.05. The number of aromatic nitrogens is 1. The Hall–Kier alpha value is -1.47. The highest BCUT2D eigenvalue weighted by molar-refractivity contribution is 7.11. The molecule has 0 saturated carbocycles. The van der Waals surface area contributed by atoms with Crippen molar-refractivity contribution in [3.63, 3.8) is 0 Å². The lowest BCUT2D eigenvalue weighted by Gasteiger charge is -2.38. The van der Waals surface area contributed by atoms with E-state index in [1.165, 1.54) is 11.3 Å². The van der Waals surface area contributed by atoms with Crippen LogP contribution in [0.4, 0.5) is 0 Å². The first-order valence-corrected chi connectivity index (χ1v) is 7.75. The summed E-state index contributed by atoms with van der Waals surface area (Å²) in [6, 6.07) is 0.461. The molecule has 3 heterocycles. The number of piperazine rings is 1. The van der Waals surface area contributed by atoms with Gasteiger partial charge in [-0.3, -0.25) is 14.5 Å². The summed E-state index contributed by atoms with van der Waals surface area (Å²) < 4.78 is 0. The Balaban J connectivity index is 1.57. The fourth-order valence-corrected chi connectivity index (χ4v) is 3.54. The summed E-state index contributed by atoms with van der Waals surface area (Å²) in [5.41, 5.74) is 0. The van der Waals surface area contributed by atoms with E-state index in [4.69, 9.17) is 0 Å². The predicted molar refractivity (Wildman–Crippen MR) is 75.6 cm³/mol. The van der Waals surface area contributed by atoms with Gasteiger partial charge in [0.05, 0.1) is 0 Å². The molecule has 0 bridgehead atoms. The van der Waals surface area contributed by atoms with Crippen molar-refractivity contribution in [2.75, 3.05) is 26.2 Å². The third kappa shape index (κ3) is 2.55. The van der Waals surface area contributed by atoms with E-state index in [-0.39, 0.29) is 23.9 Å². The van der Waals surface area contributed by atoms with E-state index in [1.54, 1.807) is 6.20 Å². The van der Waals surface area contributed by atoms with E-state index >= 15 is 0 Å². The Bertz CT molecular complexity index is 496. The first kappa shape index (κ1) is 13.5. The van der Waals surface area contributed by atoms with Gasteiger partial charge < -0.3 is 10.2 Å². The number of nitrogens with one attached hydrogen (secondary N) is 1. The van der Waals surface area contributed by atoms with Crippen LogP contribution in [0.1, 0.15) is 23.1 Å². The minimum Gasteiger partial charge on any atom is -0.352 e. The Kier molecular flexibility index (Phi) is 3.71. The monoisotopic (exact) mass is 294 g/mol. The molecule has 0 radical (unpaired) electrons. The molecule has 0 aromatic carbocycles. The maximum absolute atomic E-state index is 12.2. The molecule has 2 atom stereocenters. The molecule has 1 aromatic rings. The molecular weight excluding hydrogens is 276 g/mol. The zero-order valence-corrected chi connectivity index (χ0v) is 12.2. The summed E-state index contributed by atoms with van der Waals surface area (Å²) >= 11 is 1.38. The van der Waals surface area contributed by atoms with Gasteiger partial charge in [-0.25, -0.2) is 4.98 Å². The SMILES string of the molecule is C[C@H]1NC(=O)C[C@@H]1N1CCN(C(=O)c2nccs2)CC1. The average molecular weight is 294 g/mol. The summed E-state index contributed by atoms with van der Waals surface area (Å²) in [5.74, 6) is 0.150. The van der Waals surface area contributed by atoms with Gasteiger partial charge in [-0.05, 0) is 6.92 Å². The Labute approximate surface area is 121 Å². The largest absolute Gasteiger partial charge is 0.352 e. The molecule has 0 aliphatic carbocycles. The van der Waals surface area contributed by atoms with Crippen LogP contribution in [0.25, 0.3) is 0 Å². The van der Waals surface area contributed by atoms with E-state index in [0.717, 1.165) is 13.1 Å². The fraction of sp³-hybridized carbons (Fsp3) is 0.615. The topological polar surface area (TPSA) is 65.5 Å². The van der Waals surface area contributed by atoms with E-state index in [2.05, 4.69) is 15.2 Å². The van der Waals surface area contributed by atoms with Crippen LogP contribution in [0.3, 0.4) is 0 Å². The predicted octanol–water partition coefficient (Wildman–Crippen LogP) is 0.178. The molecule has 0 unspecified atom stereocenters. The highest BCUT2D eigenvalue weighted by atomic mass is 32.1. The lowest BCUT2D eigenvalue weighted by Crippen LogP contribution is -2.54. The fourth-order valence-electron chi connectivity index (χ4n) is 2.94. The second kappa shape index (κ2) is 5.49. The van der Waals surface area contributed by atoms with E-state index in [0.29, 0.717) is 24.5 Å². The Morgan fingerprint density at radius 2 is 2.15 bits per heavy atom. The quantitative estimate of drug-likeness (QED) is 0.845. The van der Waals surface area contributed by atoms with Gasteiger partial charge in [-0.2, -0.15) is 0 Å². The van der Waals surface area contributed by atoms with Crippen LogP contribution in [0, 0.1) is 0 Å². The van der Waals surface area contributed by atoms with Crippen LogP contribution in [0.2, 0.25) is 0 Å². The van der Waals surface area contributed by atoms with Crippen LogP contribution in [-0.2, 0) is 4.79 Å². The molecule has 2 fully saturated rings. The number of nitrogens with zero attached hydrogens (tertiary/aromatic N) is 3.